The summed E-state index contributed by atoms with van der Waals surface area (Å²) in [6.45, 7) is 0.572. The van der Waals surface area contributed by atoms with E-state index in [0.717, 1.165) is 17.5 Å². The summed E-state index contributed by atoms with van der Waals surface area (Å²) in [6, 6.07) is 12.3. The number of rotatable bonds is 3. The largest absolute Gasteiger partial charge is 0.477 e. The number of pyridine rings is 1. The van der Waals surface area contributed by atoms with Crippen LogP contribution in [0.5, 0.6) is 0 Å². The van der Waals surface area contributed by atoms with Crippen LogP contribution in [0.25, 0.3) is 0 Å². The average molecular weight is 254 g/mol. The van der Waals surface area contributed by atoms with E-state index in [4.69, 9.17) is 5.11 Å². The Labute approximate surface area is 111 Å². The molecular weight excluding hydrogens is 240 g/mol. The lowest BCUT2D eigenvalue weighted by Gasteiger charge is -2.12. The van der Waals surface area contributed by atoms with E-state index in [0.29, 0.717) is 6.54 Å². The van der Waals surface area contributed by atoms with Crippen LogP contribution < -0.4 is 5.32 Å². The van der Waals surface area contributed by atoms with Gasteiger partial charge in [0, 0.05) is 24.3 Å². The van der Waals surface area contributed by atoms with Crippen LogP contribution in [0.3, 0.4) is 0 Å². The first kappa shape index (κ1) is 11.9. The molecule has 3 rings (SSSR count). The summed E-state index contributed by atoms with van der Waals surface area (Å²) in [5.41, 5.74) is 3.27. The summed E-state index contributed by atoms with van der Waals surface area (Å²) in [7, 11) is 0. The van der Waals surface area contributed by atoms with Crippen LogP contribution in [-0.2, 0) is 13.0 Å². The van der Waals surface area contributed by atoms with Crippen molar-refractivity contribution in [2.24, 2.45) is 0 Å². The summed E-state index contributed by atoms with van der Waals surface area (Å²) >= 11 is 0. The molecule has 1 aliphatic rings. The zero-order valence-electron chi connectivity index (χ0n) is 10.3. The number of nitrogens with zero attached hydrogens (tertiary/aromatic N) is 1. The number of nitrogens with one attached hydrogen (secondary N) is 1. The number of benzene rings is 1. The molecular formula is C15H14N2O2. The van der Waals surface area contributed by atoms with E-state index >= 15 is 0 Å². The predicted octanol–water partition coefficient (Wildman–Crippen LogP) is 2.17. The number of aromatic carboxylic acids is 1. The second kappa shape index (κ2) is 4.82. The Morgan fingerprint density at radius 3 is 2.84 bits per heavy atom. The van der Waals surface area contributed by atoms with Gasteiger partial charge in [0.15, 0.2) is 5.69 Å². The molecule has 19 heavy (non-hydrogen) atoms. The smallest absolute Gasteiger partial charge is 0.354 e. The minimum Gasteiger partial charge on any atom is -0.477 e. The maximum Gasteiger partial charge on any atom is 0.354 e. The maximum absolute atomic E-state index is 11.1. The van der Waals surface area contributed by atoms with Gasteiger partial charge in [-0.1, -0.05) is 30.3 Å². The second-order valence-electron chi connectivity index (χ2n) is 4.66. The Bertz CT molecular complexity index is 611. The molecule has 1 atom stereocenters. The van der Waals surface area contributed by atoms with Crippen molar-refractivity contribution in [3.8, 4) is 0 Å². The summed E-state index contributed by atoms with van der Waals surface area (Å²) in [6.07, 6.45) is 2.43. The number of carbonyl (C=O) groups is 1. The fourth-order valence-electron chi connectivity index (χ4n) is 2.57. The zero-order valence-corrected chi connectivity index (χ0v) is 10.3. The topological polar surface area (TPSA) is 62.2 Å². The van der Waals surface area contributed by atoms with Crippen molar-refractivity contribution in [1.82, 2.24) is 10.3 Å². The van der Waals surface area contributed by atoms with Crippen molar-refractivity contribution in [3.63, 3.8) is 0 Å². The minimum absolute atomic E-state index is 0.165. The van der Waals surface area contributed by atoms with E-state index in [1.807, 2.05) is 24.3 Å². The molecule has 4 nitrogen and oxygen atoms in total. The molecule has 0 aliphatic carbocycles. The van der Waals surface area contributed by atoms with Crippen LogP contribution in [0, 0.1) is 0 Å². The zero-order chi connectivity index (χ0) is 13.2. The number of fused-ring (bicyclic) bond motifs is 1. The van der Waals surface area contributed by atoms with Crippen molar-refractivity contribution in [2.45, 2.75) is 19.0 Å². The third kappa shape index (κ3) is 2.22. The third-order valence-electron chi connectivity index (χ3n) is 3.48. The van der Waals surface area contributed by atoms with Crippen LogP contribution in [0.2, 0.25) is 0 Å². The molecule has 2 N–H and O–H groups in total. The molecule has 0 amide bonds. The standard InChI is InChI=1S/C15H14N2O2/c18-15(19)14-12-9-17-13(11(12)6-7-16-14)8-10-4-2-1-3-5-10/h1-7,13,17H,8-9H2,(H,18,19). The normalized spacial score (nSPS) is 17.2. The van der Waals surface area contributed by atoms with Gasteiger partial charge in [-0.25, -0.2) is 9.78 Å². The van der Waals surface area contributed by atoms with Gasteiger partial charge in [-0.05, 0) is 23.6 Å². The molecule has 0 bridgehead atoms. The van der Waals surface area contributed by atoms with Gasteiger partial charge in [-0.15, -0.1) is 0 Å². The molecule has 96 valence electrons. The lowest BCUT2D eigenvalue weighted by Crippen LogP contribution is -2.14. The fourth-order valence-corrected chi connectivity index (χ4v) is 2.57. The molecule has 2 aromatic rings. The highest BCUT2D eigenvalue weighted by Crippen LogP contribution is 2.29. The highest BCUT2D eigenvalue weighted by molar-refractivity contribution is 5.87. The molecule has 4 heteroatoms. The maximum atomic E-state index is 11.1. The van der Waals surface area contributed by atoms with Crippen molar-refractivity contribution in [3.05, 3.63) is 65.0 Å². The molecule has 0 radical (unpaired) electrons. The summed E-state index contributed by atoms with van der Waals surface area (Å²) in [5, 5.41) is 12.5. The molecule has 1 aromatic heterocycles. The molecule has 1 aliphatic heterocycles. The Kier molecular flexibility index (Phi) is 3.01. The quantitative estimate of drug-likeness (QED) is 0.881. The molecule has 0 fully saturated rings. The highest BCUT2D eigenvalue weighted by Gasteiger charge is 2.26. The van der Waals surface area contributed by atoms with E-state index in [1.54, 1.807) is 6.20 Å². The third-order valence-corrected chi connectivity index (χ3v) is 3.48. The van der Waals surface area contributed by atoms with Gasteiger partial charge >= 0.3 is 5.97 Å². The van der Waals surface area contributed by atoms with Crippen LogP contribution in [0.1, 0.15) is 33.2 Å². The van der Waals surface area contributed by atoms with Gasteiger partial charge < -0.3 is 10.4 Å². The van der Waals surface area contributed by atoms with Crippen LogP contribution in [0.4, 0.5) is 0 Å². The van der Waals surface area contributed by atoms with Gasteiger partial charge in [-0.3, -0.25) is 0 Å². The predicted molar refractivity (Wildman–Crippen MR) is 70.9 cm³/mol. The fraction of sp³-hybridized carbons (Fsp3) is 0.200. The summed E-state index contributed by atoms with van der Waals surface area (Å²) < 4.78 is 0. The first-order valence-electron chi connectivity index (χ1n) is 6.24. The van der Waals surface area contributed by atoms with Crippen molar-refractivity contribution in [1.29, 1.82) is 0 Å². The molecule has 0 saturated carbocycles. The summed E-state index contributed by atoms with van der Waals surface area (Å²) in [4.78, 5) is 15.1. The van der Waals surface area contributed by atoms with Crippen LogP contribution in [0.15, 0.2) is 42.6 Å². The van der Waals surface area contributed by atoms with Crippen molar-refractivity contribution in [2.75, 3.05) is 0 Å². The number of carboxylic acids is 1. The van der Waals surface area contributed by atoms with Crippen molar-refractivity contribution >= 4 is 5.97 Å². The number of carboxylic acid groups (broad SMARTS) is 1. The Morgan fingerprint density at radius 2 is 2.11 bits per heavy atom. The van der Waals surface area contributed by atoms with Gasteiger partial charge in [0.2, 0.25) is 0 Å². The van der Waals surface area contributed by atoms with Gasteiger partial charge in [0.25, 0.3) is 0 Å². The van der Waals surface area contributed by atoms with Gasteiger partial charge in [-0.2, -0.15) is 0 Å². The molecule has 1 aromatic carbocycles. The first-order valence-corrected chi connectivity index (χ1v) is 6.24. The van der Waals surface area contributed by atoms with Gasteiger partial charge in [0.05, 0.1) is 0 Å². The van der Waals surface area contributed by atoms with Crippen LogP contribution in [-0.4, -0.2) is 16.1 Å². The monoisotopic (exact) mass is 254 g/mol. The molecule has 0 spiro atoms. The Balaban J connectivity index is 1.91. The minimum atomic E-state index is -0.959. The number of hydrogen-bond donors (Lipinski definition) is 2. The average Bonchev–Trinajstić information content (AvgIpc) is 2.83. The van der Waals surface area contributed by atoms with E-state index in [1.165, 1.54) is 5.56 Å². The molecule has 0 saturated heterocycles. The highest BCUT2D eigenvalue weighted by atomic mass is 16.4. The summed E-state index contributed by atoms with van der Waals surface area (Å²) in [5.74, 6) is -0.959. The van der Waals surface area contributed by atoms with Gasteiger partial charge in [0.1, 0.15) is 0 Å². The van der Waals surface area contributed by atoms with E-state index < -0.39 is 5.97 Å². The van der Waals surface area contributed by atoms with E-state index in [2.05, 4.69) is 22.4 Å². The lowest BCUT2D eigenvalue weighted by atomic mass is 9.98. The van der Waals surface area contributed by atoms with Crippen molar-refractivity contribution < 1.29 is 9.90 Å². The first-order chi connectivity index (χ1) is 9.25. The SMILES string of the molecule is O=C(O)c1nccc2c1CNC2Cc1ccccc1. The second-order valence-corrected chi connectivity index (χ2v) is 4.66. The van der Waals surface area contributed by atoms with E-state index in [9.17, 15) is 4.79 Å². The Morgan fingerprint density at radius 1 is 1.32 bits per heavy atom. The van der Waals surface area contributed by atoms with E-state index in [-0.39, 0.29) is 11.7 Å². The lowest BCUT2D eigenvalue weighted by molar-refractivity contribution is 0.0689. The number of aromatic nitrogens is 1. The molecule has 1 unspecified atom stereocenters. The van der Waals surface area contributed by atoms with Crippen LogP contribution >= 0.6 is 0 Å². The number of hydrogen-bond acceptors (Lipinski definition) is 3. The Hall–Kier alpha value is -2.20. The molecule has 2 heterocycles.